The molecule has 0 unspecified atom stereocenters. The average Bonchev–Trinajstić information content (AvgIpc) is 3.23. The number of rotatable bonds is 7. The first-order valence-electron chi connectivity index (χ1n) is 10.4. The van der Waals surface area contributed by atoms with Gasteiger partial charge in [-0.25, -0.2) is 9.97 Å². The second-order valence-corrected chi connectivity index (χ2v) is 8.46. The highest BCUT2D eigenvalue weighted by atomic mass is 32.1. The predicted octanol–water partition coefficient (Wildman–Crippen LogP) is 3.35. The minimum Gasteiger partial charge on any atom is -0.352 e. The molecule has 0 aromatic carbocycles. The molecule has 1 aliphatic rings. The van der Waals surface area contributed by atoms with Gasteiger partial charge in [0.15, 0.2) is 5.78 Å². The van der Waals surface area contributed by atoms with Crippen LogP contribution in [0.5, 0.6) is 0 Å². The molecular weight excluding hydrogens is 398 g/mol. The van der Waals surface area contributed by atoms with Gasteiger partial charge in [0.1, 0.15) is 22.7 Å². The number of amides is 1. The quantitative estimate of drug-likeness (QED) is 0.542. The molecule has 1 fully saturated rings. The maximum atomic E-state index is 12.6. The fraction of sp³-hybridized carbons (Fsp3) is 0.409. The van der Waals surface area contributed by atoms with E-state index in [9.17, 15) is 9.59 Å². The molecule has 4 rings (SSSR count). The second-order valence-electron chi connectivity index (χ2n) is 7.34. The number of carbonyl (C=O) groups excluding carboxylic acids is 2. The SMILES string of the molecule is CCc1cc2c(N3CCN(C(=O)CCCC(=O)c4ccccn4)CC3)ncnc2s1. The number of fused-ring (bicyclic) bond motifs is 1. The van der Waals surface area contributed by atoms with Crippen molar-refractivity contribution in [2.24, 2.45) is 0 Å². The van der Waals surface area contributed by atoms with Crippen molar-refractivity contribution in [2.75, 3.05) is 31.1 Å². The Balaban J connectivity index is 1.29. The van der Waals surface area contributed by atoms with Gasteiger partial charge in [0.25, 0.3) is 0 Å². The maximum absolute atomic E-state index is 12.6. The summed E-state index contributed by atoms with van der Waals surface area (Å²) in [5, 5.41) is 1.10. The van der Waals surface area contributed by atoms with Crippen LogP contribution in [-0.4, -0.2) is 57.7 Å². The van der Waals surface area contributed by atoms with Gasteiger partial charge in [-0.2, -0.15) is 0 Å². The average molecular weight is 424 g/mol. The Kier molecular flexibility index (Phi) is 6.32. The number of carbonyl (C=O) groups is 2. The zero-order valence-corrected chi connectivity index (χ0v) is 17.9. The predicted molar refractivity (Wildman–Crippen MR) is 118 cm³/mol. The molecule has 7 nitrogen and oxygen atoms in total. The van der Waals surface area contributed by atoms with E-state index in [1.54, 1.807) is 42.1 Å². The summed E-state index contributed by atoms with van der Waals surface area (Å²) in [6, 6.07) is 7.48. The van der Waals surface area contributed by atoms with E-state index < -0.39 is 0 Å². The highest BCUT2D eigenvalue weighted by Gasteiger charge is 2.23. The van der Waals surface area contributed by atoms with Crippen molar-refractivity contribution in [1.29, 1.82) is 0 Å². The summed E-state index contributed by atoms with van der Waals surface area (Å²) in [5.74, 6) is 1.06. The van der Waals surface area contributed by atoms with Crippen LogP contribution in [0.15, 0.2) is 36.8 Å². The fourth-order valence-electron chi connectivity index (χ4n) is 3.70. The summed E-state index contributed by atoms with van der Waals surface area (Å²) in [4.78, 5) is 44.2. The largest absolute Gasteiger partial charge is 0.352 e. The standard InChI is InChI=1S/C22H25N5O2S/c1-2-16-14-17-21(24-15-25-22(17)30-16)27-12-10-26(11-13-27)20(29)8-5-7-19(28)18-6-3-4-9-23-18/h3-4,6,9,14-15H,2,5,7-8,10-13H2,1H3. The highest BCUT2D eigenvalue weighted by molar-refractivity contribution is 7.18. The van der Waals surface area contributed by atoms with Gasteiger partial charge in [0.2, 0.25) is 5.91 Å². The summed E-state index contributed by atoms with van der Waals surface area (Å²) in [7, 11) is 0. The van der Waals surface area contributed by atoms with Crippen LogP contribution in [0.1, 0.15) is 41.6 Å². The van der Waals surface area contributed by atoms with Gasteiger partial charge in [-0.1, -0.05) is 13.0 Å². The molecule has 0 bridgehead atoms. The monoisotopic (exact) mass is 423 g/mol. The van der Waals surface area contributed by atoms with Gasteiger partial charge in [0, 0.05) is 50.1 Å². The Morgan fingerprint density at radius 2 is 1.90 bits per heavy atom. The number of anilines is 1. The first-order valence-corrected chi connectivity index (χ1v) is 11.2. The number of hydrogen-bond donors (Lipinski definition) is 0. The molecule has 0 saturated carbocycles. The highest BCUT2D eigenvalue weighted by Crippen LogP contribution is 2.31. The number of aromatic nitrogens is 3. The zero-order valence-electron chi connectivity index (χ0n) is 17.1. The number of thiophene rings is 1. The van der Waals surface area contributed by atoms with Crippen molar-refractivity contribution in [1.82, 2.24) is 19.9 Å². The lowest BCUT2D eigenvalue weighted by atomic mass is 10.1. The third-order valence-electron chi connectivity index (χ3n) is 5.38. The molecule has 1 aliphatic heterocycles. The number of ketones is 1. The molecule has 156 valence electrons. The van der Waals surface area contributed by atoms with Crippen LogP contribution in [0.4, 0.5) is 5.82 Å². The summed E-state index contributed by atoms with van der Waals surface area (Å²) in [5.41, 5.74) is 0.467. The maximum Gasteiger partial charge on any atom is 0.222 e. The Bertz CT molecular complexity index is 1030. The van der Waals surface area contributed by atoms with Gasteiger partial charge in [0.05, 0.1) is 5.39 Å². The molecule has 0 atom stereocenters. The van der Waals surface area contributed by atoms with Gasteiger partial charge < -0.3 is 9.80 Å². The first kappa shape index (κ1) is 20.4. The molecule has 3 aromatic heterocycles. The fourth-order valence-corrected chi connectivity index (χ4v) is 4.63. The van der Waals surface area contributed by atoms with Crippen LogP contribution in [0.3, 0.4) is 0 Å². The number of pyridine rings is 1. The zero-order chi connectivity index (χ0) is 20.9. The molecule has 0 N–H and O–H groups in total. The van der Waals surface area contributed by atoms with Crippen molar-refractivity contribution < 1.29 is 9.59 Å². The minimum absolute atomic E-state index is 0.0109. The van der Waals surface area contributed by atoms with E-state index in [4.69, 9.17) is 0 Å². The Labute approximate surface area is 179 Å². The van der Waals surface area contributed by atoms with E-state index in [1.165, 1.54) is 4.88 Å². The molecule has 1 saturated heterocycles. The number of Topliss-reactive ketones (excluding diaryl/α,β-unsaturated/α-hetero) is 1. The van der Waals surface area contributed by atoms with Gasteiger partial charge in [-0.05, 0) is 31.0 Å². The molecule has 1 amide bonds. The van der Waals surface area contributed by atoms with E-state index in [1.807, 2.05) is 4.90 Å². The van der Waals surface area contributed by atoms with Crippen molar-refractivity contribution in [3.05, 3.63) is 47.4 Å². The van der Waals surface area contributed by atoms with Gasteiger partial charge >= 0.3 is 0 Å². The van der Waals surface area contributed by atoms with Crippen LogP contribution in [0.2, 0.25) is 0 Å². The van der Waals surface area contributed by atoms with Gasteiger partial charge in [-0.3, -0.25) is 14.6 Å². The van der Waals surface area contributed by atoms with E-state index in [0.29, 0.717) is 38.0 Å². The lowest BCUT2D eigenvalue weighted by Gasteiger charge is -2.35. The summed E-state index contributed by atoms with van der Waals surface area (Å²) < 4.78 is 0. The molecule has 4 heterocycles. The first-order chi connectivity index (χ1) is 14.7. The molecule has 0 spiro atoms. The smallest absolute Gasteiger partial charge is 0.222 e. The Hall–Kier alpha value is -2.87. The number of hydrogen-bond acceptors (Lipinski definition) is 7. The molecular formula is C22H25N5O2S. The van der Waals surface area contributed by atoms with E-state index >= 15 is 0 Å². The summed E-state index contributed by atoms with van der Waals surface area (Å²) in [6.45, 7) is 4.99. The van der Waals surface area contributed by atoms with Crippen LogP contribution in [-0.2, 0) is 11.2 Å². The van der Waals surface area contributed by atoms with Crippen molar-refractivity contribution in [3.63, 3.8) is 0 Å². The van der Waals surface area contributed by atoms with E-state index in [0.717, 1.165) is 35.5 Å². The topological polar surface area (TPSA) is 79.3 Å². The lowest BCUT2D eigenvalue weighted by molar-refractivity contribution is -0.131. The molecule has 3 aromatic rings. The van der Waals surface area contributed by atoms with Crippen LogP contribution in [0.25, 0.3) is 10.2 Å². The Morgan fingerprint density at radius 1 is 1.07 bits per heavy atom. The minimum atomic E-state index is -0.0109. The van der Waals surface area contributed by atoms with Crippen molar-refractivity contribution >= 4 is 39.1 Å². The number of nitrogens with zero attached hydrogens (tertiary/aromatic N) is 5. The molecule has 8 heteroatoms. The molecule has 30 heavy (non-hydrogen) atoms. The second kappa shape index (κ2) is 9.30. The van der Waals surface area contributed by atoms with Crippen LogP contribution in [0, 0.1) is 0 Å². The number of aryl methyl sites for hydroxylation is 1. The van der Waals surface area contributed by atoms with Crippen molar-refractivity contribution in [3.8, 4) is 0 Å². The van der Waals surface area contributed by atoms with E-state index in [-0.39, 0.29) is 11.7 Å². The lowest BCUT2D eigenvalue weighted by Crippen LogP contribution is -2.49. The van der Waals surface area contributed by atoms with Crippen molar-refractivity contribution in [2.45, 2.75) is 32.6 Å². The Morgan fingerprint density at radius 3 is 2.63 bits per heavy atom. The molecule has 0 aliphatic carbocycles. The van der Waals surface area contributed by atoms with Crippen LogP contribution >= 0.6 is 11.3 Å². The summed E-state index contributed by atoms with van der Waals surface area (Å²) in [6.07, 6.45) is 5.52. The normalized spacial score (nSPS) is 14.3. The third kappa shape index (κ3) is 4.48. The molecule has 0 radical (unpaired) electrons. The van der Waals surface area contributed by atoms with Crippen LogP contribution < -0.4 is 4.90 Å². The van der Waals surface area contributed by atoms with E-state index in [2.05, 4.69) is 32.8 Å². The summed E-state index contributed by atoms with van der Waals surface area (Å²) >= 11 is 1.72. The van der Waals surface area contributed by atoms with Gasteiger partial charge in [-0.15, -0.1) is 11.3 Å². The third-order valence-corrected chi connectivity index (χ3v) is 6.57. The number of piperazine rings is 1.